The first-order chi connectivity index (χ1) is 8.02. The van der Waals surface area contributed by atoms with E-state index in [4.69, 9.17) is 10.5 Å². The molecule has 1 aromatic rings. The second kappa shape index (κ2) is 6.28. The standard InChI is InChI=1S/C14H21NO2/c1-4-11(3)17-14(16)9-10(2)12-5-7-13(15)8-6-12/h5-8,10-11H,4,9,15H2,1-3H3. The summed E-state index contributed by atoms with van der Waals surface area (Å²) < 4.78 is 5.25. The van der Waals surface area contributed by atoms with E-state index in [2.05, 4.69) is 0 Å². The topological polar surface area (TPSA) is 52.3 Å². The van der Waals surface area contributed by atoms with E-state index in [1.807, 2.05) is 45.0 Å². The van der Waals surface area contributed by atoms with E-state index in [1.165, 1.54) is 0 Å². The van der Waals surface area contributed by atoms with Gasteiger partial charge >= 0.3 is 5.97 Å². The smallest absolute Gasteiger partial charge is 0.306 e. The highest BCUT2D eigenvalue weighted by Crippen LogP contribution is 2.20. The average Bonchev–Trinajstić information content (AvgIpc) is 2.29. The van der Waals surface area contributed by atoms with Crippen LogP contribution in [0, 0.1) is 0 Å². The van der Waals surface area contributed by atoms with E-state index in [-0.39, 0.29) is 18.0 Å². The molecule has 0 bridgehead atoms. The Bertz CT molecular complexity index is 359. The van der Waals surface area contributed by atoms with Crippen molar-refractivity contribution in [2.45, 2.75) is 45.6 Å². The maximum absolute atomic E-state index is 11.6. The quantitative estimate of drug-likeness (QED) is 0.630. The Hall–Kier alpha value is -1.51. The van der Waals surface area contributed by atoms with Crippen molar-refractivity contribution in [2.24, 2.45) is 0 Å². The number of hydrogen-bond acceptors (Lipinski definition) is 3. The monoisotopic (exact) mass is 235 g/mol. The summed E-state index contributed by atoms with van der Waals surface area (Å²) in [6.45, 7) is 5.93. The van der Waals surface area contributed by atoms with Crippen LogP contribution in [0.5, 0.6) is 0 Å². The van der Waals surface area contributed by atoms with Crippen molar-refractivity contribution in [3.8, 4) is 0 Å². The molecule has 0 aliphatic rings. The first kappa shape index (κ1) is 13.6. The van der Waals surface area contributed by atoms with Gasteiger partial charge in [0.25, 0.3) is 0 Å². The molecule has 0 saturated carbocycles. The van der Waals surface area contributed by atoms with Gasteiger partial charge in [-0.15, -0.1) is 0 Å². The molecule has 94 valence electrons. The largest absolute Gasteiger partial charge is 0.463 e. The Morgan fingerprint density at radius 1 is 1.29 bits per heavy atom. The summed E-state index contributed by atoms with van der Waals surface area (Å²) in [5.74, 6) is 0.0239. The molecule has 2 unspecified atom stereocenters. The first-order valence-electron chi connectivity index (χ1n) is 6.07. The lowest BCUT2D eigenvalue weighted by Gasteiger charge is -2.14. The van der Waals surface area contributed by atoms with Crippen molar-refractivity contribution in [3.05, 3.63) is 29.8 Å². The van der Waals surface area contributed by atoms with Crippen molar-refractivity contribution < 1.29 is 9.53 Å². The molecule has 3 heteroatoms. The molecule has 0 spiro atoms. The zero-order valence-corrected chi connectivity index (χ0v) is 10.8. The Balaban J connectivity index is 2.51. The summed E-state index contributed by atoms with van der Waals surface area (Å²) in [6.07, 6.45) is 1.26. The summed E-state index contributed by atoms with van der Waals surface area (Å²) >= 11 is 0. The zero-order valence-electron chi connectivity index (χ0n) is 10.8. The molecule has 0 aliphatic heterocycles. The number of carbonyl (C=O) groups excluding carboxylic acids is 1. The summed E-state index contributed by atoms with van der Waals surface area (Å²) in [4.78, 5) is 11.6. The van der Waals surface area contributed by atoms with Gasteiger partial charge < -0.3 is 10.5 Å². The van der Waals surface area contributed by atoms with Gasteiger partial charge in [-0.2, -0.15) is 0 Å². The van der Waals surface area contributed by atoms with E-state index in [0.29, 0.717) is 6.42 Å². The fourth-order valence-electron chi connectivity index (χ4n) is 1.55. The first-order valence-corrected chi connectivity index (χ1v) is 6.07. The number of carbonyl (C=O) groups is 1. The van der Waals surface area contributed by atoms with Crippen LogP contribution in [0.2, 0.25) is 0 Å². The van der Waals surface area contributed by atoms with Crippen LogP contribution in [0.25, 0.3) is 0 Å². The van der Waals surface area contributed by atoms with Crippen molar-refractivity contribution in [2.75, 3.05) is 5.73 Å². The molecule has 1 rings (SSSR count). The minimum absolute atomic E-state index is 0.00104. The predicted molar refractivity (Wildman–Crippen MR) is 69.7 cm³/mol. The minimum atomic E-state index is -0.135. The molecular weight excluding hydrogens is 214 g/mol. The normalized spacial score (nSPS) is 14.1. The molecule has 0 aliphatic carbocycles. The van der Waals surface area contributed by atoms with Gasteiger partial charge in [-0.1, -0.05) is 26.0 Å². The third-order valence-electron chi connectivity index (χ3n) is 2.89. The second-order valence-corrected chi connectivity index (χ2v) is 4.48. The molecule has 17 heavy (non-hydrogen) atoms. The van der Waals surface area contributed by atoms with Gasteiger partial charge in [-0.25, -0.2) is 0 Å². The third-order valence-corrected chi connectivity index (χ3v) is 2.89. The minimum Gasteiger partial charge on any atom is -0.463 e. The number of rotatable bonds is 5. The van der Waals surface area contributed by atoms with Crippen LogP contribution in [0.4, 0.5) is 5.69 Å². The highest BCUT2D eigenvalue weighted by molar-refractivity contribution is 5.70. The predicted octanol–water partition coefficient (Wildman–Crippen LogP) is 3.10. The molecule has 1 aromatic carbocycles. The molecule has 0 fully saturated rings. The van der Waals surface area contributed by atoms with Crippen LogP contribution in [0.3, 0.4) is 0 Å². The molecular formula is C14H21NO2. The number of ether oxygens (including phenoxy) is 1. The van der Waals surface area contributed by atoms with Crippen LogP contribution in [0.1, 0.15) is 45.1 Å². The molecule has 0 amide bonds. The summed E-state index contributed by atoms with van der Waals surface area (Å²) in [5.41, 5.74) is 7.47. The van der Waals surface area contributed by atoms with Crippen LogP contribution in [-0.4, -0.2) is 12.1 Å². The Morgan fingerprint density at radius 2 is 1.88 bits per heavy atom. The van der Waals surface area contributed by atoms with E-state index < -0.39 is 0 Å². The molecule has 0 saturated heterocycles. The van der Waals surface area contributed by atoms with Crippen molar-refractivity contribution >= 4 is 11.7 Å². The van der Waals surface area contributed by atoms with Gasteiger partial charge in [0.15, 0.2) is 0 Å². The van der Waals surface area contributed by atoms with E-state index in [0.717, 1.165) is 17.7 Å². The SMILES string of the molecule is CCC(C)OC(=O)CC(C)c1ccc(N)cc1. The van der Waals surface area contributed by atoms with E-state index in [9.17, 15) is 4.79 Å². The van der Waals surface area contributed by atoms with Gasteiger partial charge in [0.05, 0.1) is 12.5 Å². The molecule has 0 heterocycles. The number of nitrogen functional groups attached to an aromatic ring is 1. The number of anilines is 1. The van der Waals surface area contributed by atoms with Crippen LogP contribution in [0.15, 0.2) is 24.3 Å². The lowest BCUT2D eigenvalue weighted by Crippen LogP contribution is -2.15. The van der Waals surface area contributed by atoms with Gasteiger partial charge in [0, 0.05) is 5.69 Å². The Kier molecular flexibility index (Phi) is 5.01. The van der Waals surface area contributed by atoms with Crippen molar-refractivity contribution in [1.29, 1.82) is 0 Å². The molecule has 0 radical (unpaired) electrons. The fraction of sp³-hybridized carbons (Fsp3) is 0.500. The Morgan fingerprint density at radius 3 is 2.41 bits per heavy atom. The van der Waals surface area contributed by atoms with E-state index >= 15 is 0 Å². The summed E-state index contributed by atoms with van der Waals surface area (Å²) in [5, 5.41) is 0. The lowest BCUT2D eigenvalue weighted by molar-refractivity contribution is -0.148. The Labute approximate surface area is 103 Å². The molecule has 2 N–H and O–H groups in total. The highest BCUT2D eigenvalue weighted by Gasteiger charge is 2.14. The molecule has 0 aromatic heterocycles. The average molecular weight is 235 g/mol. The summed E-state index contributed by atoms with van der Waals surface area (Å²) in [7, 11) is 0. The number of esters is 1. The molecule has 2 atom stereocenters. The zero-order chi connectivity index (χ0) is 12.8. The van der Waals surface area contributed by atoms with Crippen molar-refractivity contribution in [3.63, 3.8) is 0 Å². The van der Waals surface area contributed by atoms with E-state index in [1.54, 1.807) is 0 Å². The second-order valence-electron chi connectivity index (χ2n) is 4.48. The highest BCUT2D eigenvalue weighted by atomic mass is 16.5. The lowest BCUT2D eigenvalue weighted by atomic mass is 9.98. The van der Waals surface area contributed by atoms with Gasteiger partial charge in [0.1, 0.15) is 0 Å². The van der Waals surface area contributed by atoms with Crippen LogP contribution < -0.4 is 5.73 Å². The fourth-order valence-corrected chi connectivity index (χ4v) is 1.55. The third kappa shape index (κ3) is 4.47. The maximum Gasteiger partial charge on any atom is 0.306 e. The maximum atomic E-state index is 11.6. The molecule has 3 nitrogen and oxygen atoms in total. The van der Waals surface area contributed by atoms with Gasteiger partial charge in [-0.3, -0.25) is 4.79 Å². The van der Waals surface area contributed by atoms with Crippen LogP contribution >= 0.6 is 0 Å². The summed E-state index contributed by atoms with van der Waals surface area (Å²) in [6, 6.07) is 7.62. The number of hydrogen-bond donors (Lipinski definition) is 1. The number of nitrogens with two attached hydrogens (primary N) is 1. The number of benzene rings is 1. The van der Waals surface area contributed by atoms with Gasteiger partial charge in [-0.05, 0) is 37.0 Å². The van der Waals surface area contributed by atoms with Gasteiger partial charge in [0.2, 0.25) is 0 Å². The van der Waals surface area contributed by atoms with Crippen molar-refractivity contribution in [1.82, 2.24) is 0 Å². The van der Waals surface area contributed by atoms with Crippen LogP contribution in [-0.2, 0) is 9.53 Å².